The second-order valence-electron chi connectivity index (χ2n) is 6.90. The highest BCUT2D eigenvalue weighted by Gasteiger charge is 2.30. The SMILES string of the molecule is COc1ccc(-c2cc(C3CCCCCN3C(=O)C(C)C)no2)cc1. The molecule has 1 aliphatic heterocycles. The Labute approximate surface area is 148 Å². The lowest BCUT2D eigenvalue weighted by Crippen LogP contribution is -2.37. The molecule has 134 valence electrons. The Morgan fingerprint density at radius 2 is 2.00 bits per heavy atom. The Morgan fingerprint density at radius 3 is 2.68 bits per heavy atom. The molecule has 0 N–H and O–H groups in total. The summed E-state index contributed by atoms with van der Waals surface area (Å²) < 4.78 is 10.8. The Bertz CT molecular complexity index is 706. The zero-order valence-electron chi connectivity index (χ0n) is 15.2. The van der Waals surface area contributed by atoms with Crippen LogP contribution in [0.1, 0.15) is 51.3 Å². The minimum atomic E-state index is -0.00596. The molecular formula is C20H26N2O3. The summed E-state index contributed by atoms with van der Waals surface area (Å²) in [5.41, 5.74) is 1.80. The van der Waals surface area contributed by atoms with E-state index in [0.717, 1.165) is 55.0 Å². The van der Waals surface area contributed by atoms with Crippen LogP contribution in [0.25, 0.3) is 11.3 Å². The van der Waals surface area contributed by atoms with Crippen LogP contribution in [0.2, 0.25) is 0 Å². The zero-order valence-corrected chi connectivity index (χ0v) is 15.2. The molecule has 5 nitrogen and oxygen atoms in total. The molecule has 3 rings (SSSR count). The van der Waals surface area contributed by atoms with E-state index in [1.165, 1.54) is 0 Å². The molecule has 1 aromatic heterocycles. The third-order valence-electron chi connectivity index (χ3n) is 4.77. The predicted molar refractivity (Wildman–Crippen MR) is 96.3 cm³/mol. The largest absolute Gasteiger partial charge is 0.497 e. The second kappa shape index (κ2) is 7.72. The van der Waals surface area contributed by atoms with Crippen LogP contribution >= 0.6 is 0 Å². The zero-order chi connectivity index (χ0) is 17.8. The average molecular weight is 342 g/mol. The first-order valence-electron chi connectivity index (χ1n) is 9.01. The maximum absolute atomic E-state index is 12.6. The summed E-state index contributed by atoms with van der Waals surface area (Å²) in [6.45, 7) is 4.71. The monoisotopic (exact) mass is 342 g/mol. The number of likely N-dealkylation sites (tertiary alicyclic amines) is 1. The third-order valence-corrected chi connectivity index (χ3v) is 4.77. The number of ether oxygens (including phenoxy) is 1. The molecule has 2 aromatic rings. The van der Waals surface area contributed by atoms with Gasteiger partial charge in [0.2, 0.25) is 5.91 Å². The van der Waals surface area contributed by atoms with Gasteiger partial charge in [-0.15, -0.1) is 0 Å². The van der Waals surface area contributed by atoms with Crippen LogP contribution in [0.5, 0.6) is 5.75 Å². The van der Waals surface area contributed by atoms with Crippen molar-refractivity contribution in [1.29, 1.82) is 0 Å². The molecule has 1 aliphatic rings. The van der Waals surface area contributed by atoms with Gasteiger partial charge in [0.25, 0.3) is 0 Å². The lowest BCUT2D eigenvalue weighted by Gasteiger charge is -2.30. The Hall–Kier alpha value is -2.30. The van der Waals surface area contributed by atoms with E-state index in [9.17, 15) is 4.79 Å². The molecule has 25 heavy (non-hydrogen) atoms. The highest BCUT2D eigenvalue weighted by atomic mass is 16.5. The van der Waals surface area contributed by atoms with Crippen LogP contribution in [-0.4, -0.2) is 29.6 Å². The molecular weight excluding hydrogens is 316 g/mol. The van der Waals surface area contributed by atoms with Gasteiger partial charge in [-0.3, -0.25) is 4.79 Å². The van der Waals surface area contributed by atoms with Crippen LogP contribution in [-0.2, 0) is 4.79 Å². The van der Waals surface area contributed by atoms with Gasteiger partial charge in [-0.1, -0.05) is 31.8 Å². The molecule has 5 heteroatoms. The van der Waals surface area contributed by atoms with Gasteiger partial charge in [0, 0.05) is 24.1 Å². The van der Waals surface area contributed by atoms with E-state index in [1.807, 2.05) is 49.1 Å². The van der Waals surface area contributed by atoms with E-state index in [0.29, 0.717) is 0 Å². The number of carbonyl (C=O) groups excluding carboxylic acids is 1. The number of carbonyl (C=O) groups is 1. The highest BCUT2D eigenvalue weighted by Crippen LogP contribution is 2.33. The minimum absolute atomic E-state index is 0.00596. The molecule has 1 saturated heterocycles. The molecule has 0 bridgehead atoms. The van der Waals surface area contributed by atoms with Gasteiger partial charge in [0.15, 0.2) is 5.76 Å². The maximum Gasteiger partial charge on any atom is 0.225 e. The van der Waals surface area contributed by atoms with E-state index in [2.05, 4.69) is 5.16 Å². The molecule has 0 aliphatic carbocycles. The van der Waals surface area contributed by atoms with E-state index >= 15 is 0 Å². The normalized spacial score (nSPS) is 18.2. The third kappa shape index (κ3) is 3.86. The van der Waals surface area contributed by atoms with Crippen molar-refractivity contribution in [2.45, 2.75) is 45.6 Å². The summed E-state index contributed by atoms with van der Waals surface area (Å²) in [5, 5.41) is 4.29. The average Bonchev–Trinajstić information content (AvgIpc) is 2.99. The van der Waals surface area contributed by atoms with Crippen LogP contribution < -0.4 is 4.74 Å². The van der Waals surface area contributed by atoms with Crippen LogP contribution in [0.3, 0.4) is 0 Å². The van der Waals surface area contributed by atoms with Crippen molar-refractivity contribution in [2.24, 2.45) is 5.92 Å². The number of amides is 1. The number of aromatic nitrogens is 1. The van der Waals surface area contributed by atoms with Crippen LogP contribution in [0.4, 0.5) is 0 Å². The smallest absolute Gasteiger partial charge is 0.225 e. The van der Waals surface area contributed by atoms with Gasteiger partial charge in [0.1, 0.15) is 11.4 Å². The summed E-state index contributed by atoms with van der Waals surface area (Å²) >= 11 is 0. The van der Waals surface area contributed by atoms with Crippen molar-refractivity contribution in [3.05, 3.63) is 36.0 Å². The lowest BCUT2D eigenvalue weighted by atomic mass is 10.0. The molecule has 1 atom stereocenters. The molecule has 1 amide bonds. The van der Waals surface area contributed by atoms with Gasteiger partial charge < -0.3 is 14.2 Å². The summed E-state index contributed by atoms with van der Waals surface area (Å²) in [6.07, 6.45) is 4.25. The van der Waals surface area contributed by atoms with E-state index < -0.39 is 0 Å². The van der Waals surface area contributed by atoms with Crippen molar-refractivity contribution in [2.75, 3.05) is 13.7 Å². The Morgan fingerprint density at radius 1 is 1.24 bits per heavy atom. The first-order chi connectivity index (χ1) is 12.1. The fourth-order valence-electron chi connectivity index (χ4n) is 3.35. The number of hydrogen-bond acceptors (Lipinski definition) is 4. The maximum atomic E-state index is 12.6. The standard InChI is InChI=1S/C20H26N2O3/c1-14(2)20(23)22-12-6-4-5-7-18(22)17-13-19(25-21-17)15-8-10-16(24-3)11-9-15/h8-11,13-14,18H,4-7,12H2,1-3H3. The van der Waals surface area contributed by atoms with Gasteiger partial charge in [-0.05, 0) is 37.1 Å². The first-order valence-corrected chi connectivity index (χ1v) is 9.01. The predicted octanol–water partition coefficient (Wildman–Crippen LogP) is 4.45. The van der Waals surface area contributed by atoms with Crippen molar-refractivity contribution >= 4 is 5.91 Å². The topological polar surface area (TPSA) is 55.6 Å². The van der Waals surface area contributed by atoms with Crippen molar-refractivity contribution < 1.29 is 14.1 Å². The highest BCUT2D eigenvalue weighted by molar-refractivity contribution is 5.78. The molecule has 1 unspecified atom stereocenters. The molecule has 0 radical (unpaired) electrons. The van der Waals surface area contributed by atoms with Gasteiger partial charge in [-0.25, -0.2) is 0 Å². The number of benzene rings is 1. The molecule has 0 saturated carbocycles. The van der Waals surface area contributed by atoms with Gasteiger partial charge >= 0.3 is 0 Å². The molecule has 1 aromatic carbocycles. The van der Waals surface area contributed by atoms with Gasteiger partial charge in [-0.2, -0.15) is 0 Å². The van der Waals surface area contributed by atoms with Crippen molar-refractivity contribution in [3.8, 4) is 17.1 Å². The second-order valence-corrected chi connectivity index (χ2v) is 6.90. The minimum Gasteiger partial charge on any atom is -0.497 e. The van der Waals surface area contributed by atoms with E-state index in [1.54, 1.807) is 7.11 Å². The number of nitrogens with zero attached hydrogens (tertiary/aromatic N) is 2. The summed E-state index contributed by atoms with van der Waals surface area (Å²) in [7, 11) is 1.65. The number of rotatable bonds is 4. The lowest BCUT2D eigenvalue weighted by molar-refractivity contribution is -0.137. The van der Waals surface area contributed by atoms with Crippen LogP contribution in [0, 0.1) is 5.92 Å². The Kier molecular flexibility index (Phi) is 5.41. The molecule has 2 heterocycles. The van der Waals surface area contributed by atoms with E-state index in [4.69, 9.17) is 9.26 Å². The molecule has 0 spiro atoms. The quantitative estimate of drug-likeness (QED) is 0.824. The fraction of sp³-hybridized carbons (Fsp3) is 0.500. The number of methoxy groups -OCH3 is 1. The van der Waals surface area contributed by atoms with Crippen molar-refractivity contribution in [3.63, 3.8) is 0 Å². The van der Waals surface area contributed by atoms with Crippen LogP contribution in [0.15, 0.2) is 34.9 Å². The fourth-order valence-corrected chi connectivity index (χ4v) is 3.35. The number of hydrogen-bond donors (Lipinski definition) is 0. The first kappa shape index (κ1) is 17.5. The summed E-state index contributed by atoms with van der Waals surface area (Å²) in [6, 6.07) is 9.68. The Balaban J connectivity index is 1.86. The molecule has 1 fully saturated rings. The summed E-state index contributed by atoms with van der Waals surface area (Å²) in [5.74, 6) is 1.72. The summed E-state index contributed by atoms with van der Waals surface area (Å²) in [4.78, 5) is 14.6. The van der Waals surface area contributed by atoms with Crippen molar-refractivity contribution in [1.82, 2.24) is 10.1 Å². The van der Waals surface area contributed by atoms with Gasteiger partial charge in [0.05, 0.1) is 13.2 Å². The van der Waals surface area contributed by atoms with E-state index in [-0.39, 0.29) is 17.9 Å².